The third-order valence-corrected chi connectivity index (χ3v) is 4.26. The summed E-state index contributed by atoms with van der Waals surface area (Å²) >= 11 is 5.71. The number of halogens is 2. The van der Waals surface area contributed by atoms with Crippen LogP contribution in [0.5, 0.6) is 0 Å². The predicted molar refractivity (Wildman–Crippen MR) is 71.6 cm³/mol. The van der Waals surface area contributed by atoms with Crippen LogP contribution in [0.2, 0.25) is 0 Å². The summed E-state index contributed by atoms with van der Waals surface area (Å²) in [6.45, 7) is 2.58. The Kier molecular flexibility index (Phi) is 5.19. The molecule has 2 N–H and O–H groups in total. The fourth-order valence-electron chi connectivity index (χ4n) is 0.986. The van der Waals surface area contributed by atoms with Gasteiger partial charge in [0, 0.05) is 20.3 Å². The van der Waals surface area contributed by atoms with Crippen LogP contribution in [0.3, 0.4) is 0 Å². The number of hydrogen-bond acceptors (Lipinski definition) is 2. The molecule has 0 heterocycles. The van der Waals surface area contributed by atoms with E-state index in [2.05, 4.69) is 43.8 Å². The molecule has 14 heavy (non-hydrogen) atoms. The average molecular weight is 370 g/mol. The number of hydrogen-bond donors (Lipinski definition) is 2. The van der Waals surface area contributed by atoms with Gasteiger partial charge in [-0.3, -0.25) is 0 Å². The Balaban J connectivity index is 2.55. The Hall–Kier alpha value is 0.190. The third-order valence-electron chi connectivity index (χ3n) is 1.93. The molecule has 0 saturated heterocycles. The SMILES string of the molecule is CC[C@H](O)CNc1ccc(Br)c(I)c1. The summed E-state index contributed by atoms with van der Waals surface area (Å²) in [5, 5.41) is 12.6. The molecule has 1 atom stereocenters. The van der Waals surface area contributed by atoms with Gasteiger partial charge in [0.25, 0.3) is 0 Å². The van der Waals surface area contributed by atoms with Crippen molar-refractivity contribution in [3.8, 4) is 0 Å². The third kappa shape index (κ3) is 3.74. The zero-order valence-electron chi connectivity index (χ0n) is 7.93. The summed E-state index contributed by atoms with van der Waals surface area (Å²) in [6, 6.07) is 6.05. The molecule has 1 aromatic carbocycles. The van der Waals surface area contributed by atoms with E-state index < -0.39 is 0 Å². The molecule has 0 aromatic heterocycles. The summed E-state index contributed by atoms with van der Waals surface area (Å²) in [5.41, 5.74) is 1.05. The standard InChI is InChI=1S/C10H13BrINO/c1-2-8(14)6-13-7-3-4-9(11)10(12)5-7/h3-5,8,13-14H,2,6H2,1H3/t8-/m0/s1. The minimum absolute atomic E-state index is 0.267. The van der Waals surface area contributed by atoms with Crippen molar-refractivity contribution < 1.29 is 5.11 Å². The van der Waals surface area contributed by atoms with Crippen LogP contribution in [0.15, 0.2) is 22.7 Å². The minimum atomic E-state index is -0.267. The highest BCUT2D eigenvalue weighted by molar-refractivity contribution is 14.1. The maximum atomic E-state index is 9.37. The van der Waals surface area contributed by atoms with Gasteiger partial charge in [-0.1, -0.05) is 6.92 Å². The number of anilines is 1. The van der Waals surface area contributed by atoms with E-state index in [-0.39, 0.29) is 6.10 Å². The largest absolute Gasteiger partial charge is 0.391 e. The first-order valence-electron chi connectivity index (χ1n) is 4.50. The van der Waals surface area contributed by atoms with Crippen LogP contribution < -0.4 is 5.32 Å². The van der Waals surface area contributed by atoms with Gasteiger partial charge in [-0.15, -0.1) is 0 Å². The van der Waals surface area contributed by atoms with Crippen LogP contribution in [0.1, 0.15) is 13.3 Å². The summed E-state index contributed by atoms with van der Waals surface area (Å²) in [4.78, 5) is 0. The van der Waals surface area contributed by atoms with Crippen molar-refractivity contribution in [2.24, 2.45) is 0 Å². The van der Waals surface area contributed by atoms with E-state index >= 15 is 0 Å². The van der Waals surface area contributed by atoms with E-state index in [1.165, 1.54) is 3.57 Å². The Morgan fingerprint density at radius 2 is 2.29 bits per heavy atom. The molecule has 0 saturated carbocycles. The highest BCUT2D eigenvalue weighted by atomic mass is 127. The Morgan fingerprint density at radius 3 is 2.86 bits per heavy atom. The van der Waals surface area contributed by atoms with Gasteiger partial charge in [-0.2, -0.15) is 0 Å². The van der Waals surface area contributed by atoms with E-state index in [1.54, 1.807) is 0 Å². The lowest BCUT2D eigenvalue weighted by Crippen LogP contribution is -2.18. The molecule has 4 heteroatoms. The molecule has 0 aliphatic carbocycles. The lowest BCUT2D eigenvalue weighted by molar-refractivity contribution is 0.183. The molecule has 2 nitrogen and oxygen atoms in total. The van der Waals surface area contributed by atoms with E-state index in [1.807, 2.05) is 25.1 Å². The molecule has 0 unspecified atom stereocenters. The smallest absolute Gasteiger partial charge is 0.0709 e. The summed E-state index contributed by atoms with van der Waals surface area (Å²) in [6.07, 6.45) is 0.511. The molecule has 78 valence electrons. The van der Waals surface area contributed by atoms with Gasteiger partial charge in [0.05, 0.1) is 6.10 Å². The van der Waals surface area contributed by atoms with E-state index in [0.29, 0.717) is 6.54 Å². The number of nitrogens with one attached hydrogen (secondary N) is 1. The van der Waals surface area contributed by atoms with Crippen LogP contribution in [0.25, 0.3) is 0 Å². The van der Waals surface area contributed by atoms with Gasteiger partial charge in [0.1, 0.15) is 0 Å². The van der Waals surface area contributed by atoms with Gasteiger partial charge in [-0.25, -0.2) is 0 Å². The number of rotatable bonds is 4. The molecular weight excluding hydrogens is 357 g/mol. The Bertz CT molecular complexity index is 306. The molecule has 0 spiro atoms. The Morgan fingerprint density at radius 1 is 1.57 bits per heavy atom. The maximum absolute atomic E-state index is 9.37. The molecule has 0 aliphatic rings. The topological polar surface area (TPSA) is 32.3 Å². The normalized spacial score (nSPS) is 12.6. The molecule has 0 fully saturated rings. The van der Waals surface area contributed by atoms with Crippen LogP contribution in [-0.2, 0) is 0 Å². The van der Waals surface area contributed by atoms with Gasteiger partial charge >= 0.3 is 0 Å². The van der Waals surface area contributed by atoms with Crippen LogP contribution >= 0.6 is 38.5 Å². The van der Waals surface area contributed by atoms with Gasteiger partial charge in [0.15, 0.2) is 0 Å². The van der Waals surface area contributed by atoms with Crippen LogP contribution in [0.4, 0.5) is 5.69 Å². The highest BCUT2D eigenvalue weighted by Crippen LogP contribution is 2.22. The fourth-order valence-corrected chi connectivity index (χ4v) is 1.75. The first-order valence-corrected chi connectivity index (χ1v) is 6.37. The van der Waals surface area contributed by atoms with Gasteiger partial charge in [-0.05, 0) is 63.1 Å². The molecule has 0 amide bonds. The molecule has 1 rings (SSSR count). The maximum Gasteiger partial charge on any atom is 0.0709 e. The van der Waals surface area contributed by atoms with Crippen LogP contribution in [-0.4, -0.2) is 17.8 Å². The first-order chi connectivity index (χ1) is 6.63. The van der Waals surface area contributed by atoms with Crippen molar-refractivity contribution in [3.63, 3.8) is 0 Å². The monoisotopic (exact) mass is 369 g/mol. The van der Waals surface area contributed by atoms with Crippen molar-refractivity contribution in [1.82, 2.24) is 0 Å². The average Bonchev–Trinajstić information content (AvgIpc) is 2.19. The first kappa shape index (κ1) is 12.3. The quantitative estimate of drug-likeness (QED) is 0.798. The van der Waals surface area contributed by atoms with Crippen molar-refractivity contribution in [2.45, 2.75) is 19.4 Å². The fraction of sp³-hybridized carbons (Fsp3) is 0.400. The second-order valence-electron chi connectivity index (χ2n) is 3.07. The molecule has 0 bridgehead atoms. The second-order valence-corrected chi connectivity index (χ2v) is 5.09. The molecular formula is C10H13BrINO. The van der Waals surface area contributed by atoms with Crippen molar-refractivity contribution in [3.05, 3.63) is 26.2 Å². The highest BCUT2D eigenvalue weighted by Gasteiger charge is 2.01. The number of aliphatic hydroxyl groups is 1. The summed E-state index contributed by atoms with van der Waals surface area (Å²) in [7, 11) is 0. The summed E-state index contributed by atoms with van der Waals surface area (Å²) in [5.74, 6) is 0. The molecule has 0 aliphatic heterocycles. The molecule has 0 radical (unpaired) electrons. The second kappa shape index (κ2) is 5.92. The number of aliphatic hydroxyl groups excluding tert-OH is 1. The summed E-state index contributed by atoms with van der Waals surface area (Å²) < 4.78 is 2.26. The van der Waals surface area contributed by atoms with Gasteiger partial charge in [0.2, 0.25) is 0 Å². The zero-order valence-corrected chi connectivity index (χ0v) is 11.7. The van der Waals surface area contributed by atoms with E-state index in [9.17, 15) is 5.11 Å². The van der Waals surface area contributed by atoms with Crippen molar-refractivity contribution >= 4 is 44.2 Å². The van der Waals surface area contributed by atoms with E-state index in [0.717, 1.165) is 16.6 Å². The van der Waals surface area contributed by atoms with Crippen LogP contribution in [0, 0.1) is 3.57 Å². The van der Waals surface area contributed by atoms with Crippen molar-refractivity contribution in [1.29, 1.82) is 0 Å². The van der Waals surface area contributed by atoms with Crippen molar-refractivity contribution in [2.75, 3.05) is 11.9 Å². The minimum Gasteiger partial charge on any atom is -0.391 e. The molecule has 1 aromatic rings. The van der Waals surface area contributed by atoms with Gasteiger partial charge < -0.3 is 10.4 Å². The Labute approximate surface area is 106 Å². The predicted octanol–water partition coefficient (Wildman–Crippen LogP) is 3.24. The zero-order chi connectivity index (χ0) is 10.6. The van der Waals surface area contributed by atoms with E-state index in [4.69, 9.17) is 0 Å². The lowest BCUT2D eigenvalue weighted by Gasteiger charge is -2.11. The number of benzene rings is 1. The lowest BCUT2D eigenvalue weighted by atomic mass is 10.2.